The molecular formula is C14H14BrNO3. The molecule has 0 spiro atoms. The fourth-order valence-corrected chi connectivity index (χ4v) is 2.31. The Morgan fingerprint density at radius 1 is 1.21 bits per heavy atom. The molecule has 0 amide bonds. The van der Waals surface area contributed by atoms with Crippen LogP contribution < -0.4 is 4.74 Å². The van der Waals surface area contributed by atoms with E-state index in [1.807, 2.05) is 39.0 Å². The summed E-state index contributed by atoms with van der Waals surface area (Å²) in [6.45, 7) is 5.81. The third-order valence-electron chi connectivity index (χ3n) is 2.49. The van der Waals surface area contributed by atoms with Gasteiger partial charge in [0.2, 0.25) is 0 Å². The van der Waals surface area contributed by atoms with Gasteiger partial charge in [-0.2, -0.15) is 0 Å². The minimum absolute atomic E-state index is 0.0729. The van der Waals surface area contributed by atoms with Gasteiger partial charge in [-0.3, -0.25) is 10.1 Å². The molecule has 0 aromatic heterocycles. The lowest BCUT2D eigenvalue weighted by atomic mass is 10.1. The maximum Gasteiger partial charge on any atom is 0.278 e. The first-order chi connectivity index (χ1) is 8.76. The van der Waals surface area contributed by atoms with Crippen LogP contribution in [0.15, 0.2) is 34.8 Å². The van der Waals surface area contributed by atoms with Gasteiger partial charge >= 0.3 is 0 Å². The fourth-order valence-electron chi connectivity index (χ4n) is 1.85. The number of nitrogens with zero attached hydrogens (tertiary/aromatic N) is 1. The van der Waals surface area contributed by atoms with Gasteiger partial charge < -0.3 is 4.74 Å². The summed E-state index contributed by atoms with van der Waals surface area (Å²) in [5.41, 5.74) is -0.263. The van der Waals surface area contributed by atoms with Crippen molar-refractivity contribution in [1.29, 1.82) is 0 Å². The largest absolute Gasteiger partial charge is 0.488 e. The van der Waals surface area contributed by atoms with Crippen LogP contribution in [0.1, 0.15) is 20.8 Å². The van der Waals surface area contributed by atoms with Crippen molar-refractivity contribution in [2.45, 2.75) is 26.4 Å². The van der Waals surface area contributed by atoms with Crippen LogP contribution in [0, 0.1) is 10.1 Å². The van der Waals surface area contributed by atoms with Gasteiger partial charge in [0, 0.05) is 10.5 Å². The Balaban J connectivity index is 2.61. The molecule has 4 nitrogen and oxygen atoms in total. The van der Waals surface area contributed by atoms with Crippen LogP contribution in [0.4, 0.5) is 5.69 Å². The van der Waals surface area contributed by atoms with Gasteiger partial charge in [-0.15, -0.1) is 0 Å². The molecule has 2 aromatic carbocycles. The summed E-state index contributed by atoms with van der Waals surface area (Å²) in [6, 6.07) is 8.72. The van der Waals surface area contributed by atoms with Crippen molar-refractivity contribution in [3.05, 3.63) is 44.9 Å². The molecule has 2 rings (SSSR count). The number of nitro benzene ring substituents is 1. The van der Waals surface area contributed by atoms with E-state index in [9.17, 15) is 10.1 Å². The van der Waals surface area contributed by atoms with Gasteiger partial charge in [0.1, 0.15) is 11.4 Å². The molecule has 0 heterocycles. The summed E-state index contributed by atoms with van der Waals surface area (Å²) in [5.74, 6) is 0.630. The quantitative estimate of drug-likeness (QED) is 0.595. The predicted molar refractivity (Wildman–Crippen MR) is 78.7 cm³/mol. The van der Waals surface area contributed by atoms with Gasteiger partial charge in [0.05, 0.1) is 10.3 Å². The standard InChI is InChI=1S/C14H14BrNO3/c1-14(2,3)19-11-5-4-9-6-10(15)7-13(16(17)18)12(9)8-11/h4-8H,1-3H3. The van der Waals surface area contributed by atoms with Crippen LogP contribution in [-0.2, 0) is 0 Å². The number of ether oxygens (including phenoxy) is 1. The molecule has 0 saturated heterocycles. The van der Waals surface area contributed by atoms with Crippen molar-refractivity contribution in [3.63, 3.8) is 0 Å². The number of nitro groups is 1. The van der Waals surface area contributed by atoms with Crippen LogP contribution in [0.25, 0.3) is 10.8 Å². The summed E-state index contributed by atoms with van der Waals surface area (Å²) in [5, 5.41) is 12.5. The van der Waals surface area contributed by atoms with Crippen molar-refractivity contribution in [2.75, 3.05) is 0 Å². The van der Waals surface area contributed by atoms with Crippen LogP contribution in [0.5, 0.6) is 5.75 Å². The Morgan fingerprint density at radius 3 is 2.47 bits per heavy atom. The fraction of sp³-hybridized carbons (Fsp3) is 0.286. The zero-order valence-corrected chi connectivity index (χ0v) is 12.5. The first-order valence-corrected chi connectivity index (χ1v) is 6.62. The summed E-state index contributed by atoms with van der Waals surface area (Å²) in [4.78, 5) is 10.7. The maximum absolute atomic E-state index is 11.1. The van der Waals surface area contributed by atoms with E-state index in [0.29, 0.717) is 15.6 Å². The van der Waals surface area contributed by atoms with Crippen LogP contribution >= 0.6 is 15.9 Å². The molecule has 100 valence electrons. The summed E-state index contributed by atoms with van der Waals surface area (Å²) < 4.78 is 6.43. The van der Waals surface area contributed by atoms with Crippen molar-refractivity contribution in [1.82, 2.24) is 0 Å². The number of hydrogen-bond acceptors (Lipinski definition) is 3. The van der Waals surface area contributed by atoms with Gasteiger partial charge in [0.25, 0.3) is 5.69 Å². The topological polar surface area (TPSA) is 52.4 Å². The Bertz CT molecular complexity index is 647. The molecule has 0 aliphatic rings. The number of halogens is 1. The molecule has 0 unspecified atom stereocenters. The monoisotopic (exact) mass is 323 g/mol. The normalized spacial score (nSPS) is 11.6. The lowest BCUT2D eigenvalue weighted by Crippen LogP contribution is -2.22. The predicted octanol–water partition coefficient (Wildman–Crippen LogP) is 4.69. The molecule has 0 N–H and O–H groups in total. The van der Waals surface area contributed by atoms with E-state index in [1.165, 1.54) is 6.07 Å². The van der Waals surface area contributed by atoms with Crippen LogP contribution in [-0.4, -0.2) is 10.5 Å². The van der Waals surface area contributed by atoms with E-state index in [0.717, 1.165) is 5.39 Å². The molecule has 0 radical (unpaired) electrons. The van der Waals surface area contributed by atoms with Gasteiger partial charge in [-0.05, 0) is 44.4 Å². The van der Waals surface area contributed by atoms with E-state index in [-0.39, 0.29) is 16.2 Å². The highest BCUT2D eigenvalue weighted by Crippen LogP contribution is 2.33. The SMILES string of the molecule is CC(C)(C)Oc1ccc2cc(Br)cc([N+](=O)[O-])c2c1. The smallest absolute Gasteiger partial charge is 0.278 e. The Morgan fingerprint density at radius 2 is 1.89 bits per heavy atom. The third kappa shape index (κ3) is 3.23. The Labute approximate surface area is 119 Å². The maximum atomic E-state index is 11.1. The van der Waals surface area contributed by atoms with Gasteiger partial charge in [0.15, 0.2) is 0 Å². The average molecular weight is 324 g/mol. The summed E-state index contributed by atoms with van der Waals surface area (Å²) >= 11 is 3.28. The molecule has 5 heteroatoms. The van der Waals surface area contributed by atoms with Gasteiger partial charge in [-0.25, -0.2) is 0 Å². The number of rotatable bonds is 2. The second-order valence-corrected chi connectivity index (χ2v) is 6.20. The molecule has 0 aliphatic heterocycles. The molecule has 0 atom stereocenters. The molecule has 0 fully saturated rings. The van der Waals surface area contributed by atoms with Crippen LogP contribution in [0.3, 0.4) is 0 Å². The second-order valence-electron chi connectivity index (χ2n) is 5.28. The lowest BCUT2D eigenvalue weighted by Gasteiger charge is -2.21. The zero-order valence-electron chi connectivity index (χ0n) is 10.9. The Hall–Kier alpha value is -1.62. The summed E-state index contributed by atoms with van der Waals surface area (Å²) in [6.07, 6.45) is 0. The number of hydrogen-bond donors (Lipinski definition) is 0. The molecule has 0 saturated carbocycles. The van der Waals surface area contributed by atoms with Crippen LogP contribution in [0.2, 0.25) is 0 Å². The number of non-ortho nitro benzene ring substituents is 1. The van der Waals surface area contributed by atoms with E-state index in [4.69, 9.17) is 4.74 Å². The first kappa shape index (κ1) is 13.8. The Kier molecular flexibility index (Phi) is 3.49. The minimum atomic E-state index is -0.381. The van der Waals surface area contributed by atoms with Crippen molar-refractivity contribution >= 4 is 32.4 Å². The van der Waals surface area contributed by atoms with Gasteiger partial charge in [-0.1, -0.05) is 22.0 Å². The van der Waals surface area contributed by atoms with Crippen molar-refractivity contribution in [3.8, 4) is 5.75 Å². The zero-order chi connectivity index (χ0) is 14.2. The molecule has 2 aromatic rings. The molecule has 0 bridgehead atoms. The summed E-state index contributed by atoms with van der Waals surface area (Å²) in [7, 11) is 0. The van der Waals surface area contributed by atoms with E-state index in [1.54, 1.807) is 6.07 Å². The number of fused-ring (bicyclic) bond motifs is 1. The molecular weight excluding hydrogens is 310 g/mol. The number of benzene rings is 2. The molecule has 0 aliphatic carbocycles. The van der Waals surface area contributed by atoms with Crippen molar-refractivity contribution in [2.24, 2.45) is 0 Å². The van der Waals surface area contributed by atoms with E-state index >= 15 is 0 Å². The highest BCUT2D eigenvalue weighted by atomic mass is 79.9. The van der Waals surface area contributed by atoms with E-state index < -0.39 is 0 Å². The second kappa shape index (κ2) is 4.81. The first-order valence-electron chi connectivity index (χ1n) is 5.83. The molecule has 19 heavy (non-hydrogen) atoms. The minimum Gasteiger partial charge on any atom is -0.488 e. The average Bonchev–Trinajstić information content (AvgIpc) is 2.26. The van der Waals surface area contributed by atoms with Crippen molar-refractivity contribution < 1.29 is 9.66 Å². The van der Waals surface area contributed by atoms with E-state index in [2.05, 4.69) is 15.9 Å². The third-order valence-corrected chi connectivity index (χ3v) is 2.95. The highest BCUT2D eigenvalue weighted by molar-refractivity contribution is 9.10. The lowest BCUT2D eigenvalue weighted by molar-refractivity contribution is -0.383. The highest BCUT2D eigenvalue weighted by Gasteiger charge is 2.16.